The van der Waals surface area contributed by atoms with Gasteiger partial charge in [0.1, 0.15) is 10.6 Å². The van der Waals surface area contributed by atoms with Crippen LogP contribution in [0.3, 0.4) is 0 Å². The number of thiazole rings is 1. The smallest absolute Gasteiger partial charge is 0.350 e. The molecule has 0 saturated carbocycles. The largest absolute Gasteiger partial charge is 0.497 e. The van der Waals surface area contributed by atoms with E-state index in [1.54, 1.807) is 14.0 Å². The molecule has 0 spiro atoms. The highest BCUT2D eigenvalue weighted by molar-refractivity contribution is 9.10. The second kappa shape index (κ2) is 6.23. The molecule has 1 aromatic heterocycles. The summed E-state index contributed by atoms with van der Waals surface area (Å²) in [6, 6.07) is 5.61. The van der Waals surface area contributed by atoms with E-state index in [9.17, 15) is 4.79 Å². The number of benzene rings is 1. The Morgan fingerprint density at radius 3 is 2.75 bits per heavy atom. The fourth-order valence-electron chi connectivity index (χ4n) is 1.61. The van der Waals surface area contributed by atoms with Gasteiger partial charge >= 0.3 is 5.97 Å². The third-order valence-electron chi connectivity index (χ3n) is 2.53. The number of nitrogens with zero attached hydrogens (tertiary/aromatic N) is 1. The van der Waals surface area contributed by atoms with Crippen LogP contribution in [-0.4, -0.2) is 25.2 Å². The van der Waals surface area contributed by atoms with E-state index in [0.29, 0.717) is 15.7 Å². The average Bonchev–Trinajstić information content (AvgIpc) is 2.77. The number of carbonyl (C=O) groups excluding carboxylic acids is 1. The number of hydrogen-bond acceptors (Lipinski definition) is 6. The number of ether oxygens (including phenoxy) is 2. The van der Waals surface area contributed by atoms with Crippen molar-refractivity contribution in [2.75, 3.05) is 19.5 Å². The first-order valence-corrected chi connectivity index (χ1v) is 7.31. The molecular formula is C13H13BrN2O3S. The van der Waals surface area contributed by atoms with E-state index in [0.717, 1.165) is 15.9 Å². The van der Waals surface area contributed by atoms with Crippen LogP contribution < -0.4 is 10.1 Å². The summed E-state index contributed by atoms with van der Waals surface area (Å²) in [7, 11) is 2.96. The first kappa shape index (κ1) is 14.8. The van der Waals surface area contributed by atoms with Gasteiger partial charge in [-0.05, 0) is 19.1 Å². The highest BCUT2D eigenvalue weighted by atomic mass is 79.9. The minimum atomic E-state index is -0.375. The number of rotatable bonds is 4. The van der Waals surface area contributed by atoms with Gasteiger partial charge in [0.15, 0.2) is 5.13 Å². The van der Waals surface area contributed by atoms with Gasteiger partial charge in [-0.2, -0.15) is 0 Å². The Bertz CT molecular complexity index is 643. The minimum Gasteiger partial charge on any atom is -0.497 e. The van der Waals surface area contributed by atoms with E-state index in [1.807, 2.05) is 18.2 Å². The summed E-state index contributed by atoms with van der Waals surface area (Å²) in [5.74, 6) is 0.350. The lowest BCUT2D eigenvalue weighted by molar-refractivity contribution is 0.0605. The molecule has 0 amide bonds. The minimum absolute atomic E-state index is 0.375. The number of esters is 1. The molecule has 0 radical (unpaired) electrons. The summed E-state index contributed by atoms with van der Waals surface area (Å²) in [6.45, 7) is 1.77. The summed E-state index contributed by atoms with van der Waals surface area (Å²) in [5, 5.41) is 3.78. The summed E-state index contributed by atoms with van der Waals surface area (Å²) in [6.07, 6.45) is 0. The molecular weight excluding hydrogens is 344 g/mol. The Labute approximate surface area is 129 Å². The number of carbonyl (C=O) groups is 1. The van der Waals surface area contributed by atoms with Crippen LogP contribution in [0.25, 0.3) is 0 Å². The Kier molecular flexibility index (Phi) is 4.61. The van der Waals surface area contributed by atoms with Crippen molar-refractivity contribution >= 4 is 44.1 Å². The molecule has 2 rings (SSSR count). The van der Waals surface area contributed by atoms with E-state index in [4.69, 9.17) is 9.47 Å². The van der Waals surface area contributed by atoms with Gasteiger partial charge in [0, 0.05) is 16.2 Å². The molecule has 0 aliphatic carbocycles. The molecule has 0 bridgehead atoms. The van der Waals surface area contributed by atoms with Crippen LogP contribution in [-0.2, 0) is 4.74 Å². The van der Waals surface area contributed by atoms with Gasteiger partial charge in [-0.25, -0.2) is 9.78 Å². The van der Waals surface area contributed by atoms with E-state index in [-0.39, 0.29) is 5.97 Å². The van der Waals surface area contributed by atoms with Crippen molar-refractivity contribution in [3.8, 4) is 5.75 Å². The molecule has 0 aliphatic rings. The zero-order chi connectivity index (χ0) is 14.7. The van der Waals surface area contributed by atoms with Crippen LogP contribution >= 0.6 is 27.3 Å². The van der Waals surface area contributed by atoms with Crippen molar-refractivity contribution < 1.29 is 14.3 Å². The topological polar surface area (TPSA) is 60.5 Å². The predicted octanol–water partition coefficient (Wildman–Crippen LogP) is 3.75. The molecule has 0 atom stereocenters. The van der Waals surface area contributed by atoms with Crippen LogP contribution in [0, 0.1) is 6.92 Å². The van der Waals surface area contributed by atoms with Crippen LogP contribution in [0.15, 0.2) is 22.7 Å². The predicted molar refractivity (Wildman–Crippen MR) is 82.2 cm³/mol. The van der Waals surface area contributed by atoms with E-state index < -0.39 is 0 Å². The van der Waals surface area contributed by atoms with E-state index in [2.05, 4.69) is 26.2 Å². The van der Waals surface area contributed by atoms with Gasteiger partial charge < -0.3 is 14.8 Å². The third kappa shape index (κ3) is 3.29. The molecule has 0 fully saturated rings. The SMILES string of the molecule is COC(=O)c1sc(Nc2cc(Br)cc(OC)c2)nc1C. The molecule has 2 aromatic rings. The molecule has 5 nitrogen and oxygen atoms in total. The summed E-state index contributed by atoms with van der Waals surface area (Å²) in [5.41, 5.74) is 1.47. The zero-order valence-electron chi connectivity index (χ0n) is 11.2. The van der Waals surface area contributed by atoms with Gasteiger partial charge in [0.25, 0.3) is 0 Å². The molecule has 0 unspecified atom stereocenters. The number of anilines is 2. The van der Waals surface area contributed by atoms with Crippen LogP contribution in [0.5, 0.6) is 5.75 Å². The van der Waals surface area contributed by atoms with Crippen molar-refractivity contribution in [3.05, 3.63) is 33.2 Å². The van der Waals surface area contributed by atoms with E-state index in [1.165, 1.54) is 18.4 Å². The highest BCUT2D eigenvalue weighted by Crippen LogP contribution is 2.30. The summed E-state index contributed by atoms with van der Waals surface area (Å²) >= 11 is 4.66. The quantitative estimate of drug-likeness (QED) is 0.845. The molecule has 7 heteroatoms. The van der Waals surface area contributed by atoms with Crippen LogP contribution in [0.1, 0.15) is 15.4 Å². The zero-order valence-corrected chi connectivity index (χ0v) is 13.6. The van der Waals surface area contributed by atoms with Crippen LogP contribution in [0.4, 0.5) is 10.8 Å². The highest BCUT2D eigenvalue weighted by Gasteiger charge is 2.15. The van der Waals surface area contributed by atoms with Crippen molar-refractivity contribution in [1.82, 2.24) is 4.98 Å². The molecule has 1 heterocycles. The maximum atomic E-state index is 11.5. The van der Waals surface area contributed by atoms with E-state index >= 15 is 0 Å². The van der Waals surface area contributed by atoms with Crippen molar-refractivity contribution in [3.63, 3.8) is 0 Å². The maximum absolute atomic E-state index is 11.5. The lowest BCUT2D eigenvalue weighted by atomic mass is 10.3. The van der Waals surface area contributed by atoms with Crippen LogP contribution in [0.2, 0.25) is 0 Å². The first-order chi connectivity index (χ1) is 9.53. The van der Waals surface area contributed by atoms with Gasteiger partial charge in [-0.1, -0.05) is 27.3 Å². The Balaban J connectivity index is 2.26. The third-order valence-corrected chi connectivity index (χ3v) is 4.04. The van der Waals surface area contributed by atoms with Gasteiger partial charge in [0.05, 0.1) is 19.9 Å². The maximum Gasteiger partial charge on any atom is 0.350 e. The monoisotopic (exact) mass is 356 g/mol. The Hall–Kier alpha value is -1.60. The fraction of sp³-hybridized carbons (Fsp3) is 0.231. The molecule has 0 aliphatic heterocycles. The lowest BCUT2D eigenvalue weighted by Gasteiger charge is -2.06. The van der Waals surface area contributed by atoms with Gasteiger partial charge in [-0.3, -0.25) is 0 Å². The molecule has 106 valence electrons. The van der Waals surface area contributed by atoms with Crippen molar-refractivity contribution in [2.45, 2.75) is 6.92 Å². The van der Waals surface area contributed by atoms with Gasteiger partial charge in [-0.15, -0.1) is 0 Å². The molecule has 0 saturated heterocycles. The second-order valence-electron chi connectivity index (χ2n) is 3.93. The number of methoxy groups -OCH3 is 2. The second-order valence-corrected chi connectivity index (χ2v) is 5.84. The molecule has 1 N–H and O–H groups in total. The average molecular weight is 357 g/mol. The number of nitrogens with one attached hydrogen (secondary N) is 1. The molecule has 20 heavy (non-hydrogen) atoms. The standard InChI is InChI=1S/C13H13BrN2O3S/c1-7-11(12(17)19-3)20-13(15-7)16-9-4-8(14)5-10(6-9)18-2/h4-6H,1-3H3,(H,15,16). The summed E-state index contributed by atoms with van der Waals surface area (Å²) < 4.78 is 10.8. The number of aryl methyl sites for hydroxylation is 1. The number of aromatic nitrogens is 1. The molecule has 1 aromatic carbocycles. The Morgan fingerprint density at radius 2 is 2.10 bits per heavy atom. The Morgan fingerprint density at radius 1 is 1.35 bits per heavy atom. The van der Waals surface area contributed by atoms with Gasteiger partial charge in [0.2, 0.25) is 0 Å². The first-order valence-electron chi connectivity index (χ1n) is 5.71. The number of halogens is 1. The number of hydrogen-bond donors (Lipinski definition) is 1. The van der Waals surface area contributed by atoms with Crippen molar-refractivity contribution in [2.24, 2.45) is 0 Å². The summed E-state index contributed by atoms with van der Waals surface area (Å²) in [4.78, 5) is 16.4. The lowest BCUT2D eigenvalue weighted by Crippen LogP contribution is -1.99. The van der Waals surface area contributed by atoms with Crippen molar-refractivity contribution in [1.29, 1.82) is 0 Å². The normalized spacial score (nSPS) is 10.2. The fourth-order valence-corrected chi connectivity index (χ4v) is 2.99.